The van der Waals surface area contributed by atoms with E-state index in [1.165, 1.54) is 17.5 Å². The average Bonchev–Trinajstić information content (AvgIpc) is 3.17. The van der Waals surface area contributed by atoms with Crippen LogP contribution >= 0.6 is 0 Å². The van der Waals surface area contributed by atoms with E-state index in [0.717, 1.165) is 6.42 Å². The first kappa shape index (κ1) is 20.4. The van der Waals surface area contributed by atoms with E-state index in [1.807, 2.05) is 18.2 Å². The third-order valence-corrected chi connectivity index (χ3v) is 10.4. The largest absolute Gasteiger partial charge is 0.452 e. The maximum absolute atomic E-state index is 12.1. The van der Waals surface area contributed by atoms with Gasteiger partial charge in [-0.15, -0.1) is 0 Å². The molecule has 3 rings (SSSR count). The first-order valence-corrected chi connectivity index (χ1v) is 11.6. The minimum absolute atomic E-state index is 0.0471. The molecule has 0 aliphatic carbocycles. The predicted molar refractivity (Wildman–Crippen MR) is 115 cm³/mol. The number of benzene rings is 2. The summed E-state index contributed by atoms with van der Waals surface area (Å²) in [6, 6.07) is 21.0. The van der Waals surface area contributed by atoms with Gasteiger partial charge in [0.25, 0.3) is 8.32 Å². The molecule has 0 bridgehead atoms. The maximum atomic E-state index is 12.1. The van der Waals surface area contributed by atoms with Crippen LogP contribution in [0.4, 0.5) is 4.79 Å². The Kier molecular flexibility index (Phi) is 6.06. The number of carbonyl (C=O) groups is 1. The molecule has 1 heterocycles. The van der Waals surface area contributed by atoms with Crippen LogP contribution in [0.5, 0.6) is 0 Å². The minimum Gasteiger partial charge on any atom is -0.452 e. The fourth-order valence-electron chi connectivity index (χ4n) is 4.01. The van der Waals surface area contributed by atoms with Crippen LogP contribution in [0.15, 0.2) is 72.9 Å². The summed E-state index contributed by atoms with van der Waals surface area (Å²) in [6.07, 6.45) is 4.22. The van der Waals surface area contributed by atoms with Crippen LogP contribution in [0.3, 0.4) is 0 Å². The van der Waals surface area contributed by atoms with Gasteiger partial charge in [-0.25, -0.2) is 4.79 Å². The van der Waals surface area contributed by atoms with Crippen molar-refractivity contribution in [3.63, 3.8) is 0 Å². The third kappa shape index (κ3) is 3.77. The highest BCUT2D eigenvalue weighted by molar-refractivity contribution is 6.99. The van der Waals surface area contributed by atoms with Crippen LogP contribution in [0.1, 0.15) is 27.2 Å². The zero-order chi connectivity index (χ0) is 20.2. The first-order chi connectivity index (χ1) is 13.4. The van der Waals surface area contributed by atoms with Gasteiger partial charge in [-0.05, 0) is 21.8 Å². The highest BCUT2D eigenvalue weighted by atomic mass is 28.4. The molecule has 0 saturated heterocycles. The molecule has 0 aromatic heterocycles. The molecule has 4 nitrogen and oxygen atoms in total. The van der Waals surface area contributed by atoms with E-state index in [2.05, 4.69) is 69.3 Å². The van der Waals surface area contributed by atoms with Crippen LogP contribution in [0, 0.1) is 0 Å². The van der Waals surface area contributed by atoms with Crippen LogP contribution in [-0.4, -0.2) is 39.1 Å². The molecule has 1 aliphatic rings. The second-order valence-corrected chi connectivity index (χ2v) is 12.4. The predicted octanol–water partition coefficient (Wildman–Crippen LogP) is 3.92. The van der Waals surface area contributed by atoms with E-state index in [1.54, 1.807) is 11.1 Å². The van der Waals surface area contributed by atoms with Crippen molar-refractivity contribution in [2.45, 2.75) is 38.3 Å². The van der Waals surface area contributed by atoms with Gasteiger partial charge >= 0.3 is 6.09 Å². The quantitative estimate of drug-likeness (QED) is 0.721. The smallest absolute Gasteiger partial charge is 0.413 e. The molecular weight excluding hydrogens is 366 g/mol. The molecule has 0 fully saturated rings. The molecule has 1 atom stereocenters. The Balaban J connectivity index is 2.01. The van der Waals surface area contributed by atoms with E-state index in [0.29, 0.717) is 6.61 Å². The summed E-state index contributed by atoms with van der Waals surface area (Å²) in [6.45, 7) is 7.23. The molecule has 0 saturated carbocycles. The lowest BCUT2D eigenvalue weighted by atomic mass is 10.2. The lowest BCUT2D eigenvalue weighted by Crippen LogP contribution is -2.67. The maximum Gasteiger partial charge on any atom is 0.413 e. The van der Waals surface area contributed by atoms with Gasteiger partial charge < -0.3 is 9.16 Å². The van der Waals surface area contributed by atoms with Crippen molar-refractivity contribution in [1.82, 2.24) is 4.90 Å². The summed E-state index contributed by atoms with van der Waals surface area (Å²) in [4.78, 5) is 13.7. The lowest BCUT2D eigenvalue weighted by Gasteiger charge is -2.44. The summed E-state index contributed by atoms with van der Waals surface area (Å²) in [5, 5.41) is 2.39. The van der Waals surface area contributed by atoms with E-state index >= 15 is 0 Å². The van der Waals surface area contributed by atoms with Crippen molar-refractivity contribution in [3.8, 4) is 0 Å². The van der Waals surface area contributed by atoms with Crippen molar-refractivity contribution in [1.29, 1.82) is 0 Å². The number of amides is 1. The first-order valence-electron chi connectivity index (χ1n) is 9.68. The van der Waals surface area contributed by atoms with E-state index in [9.17, 15) is 4.79 Å². The van der Waals surface area contributed by atoms with Crippen molar-refractivity contribution in [2.24, 2.45) is 0 Å². The molecule has 2 aromatic carbocycles. The number of methoxy groups -OCH3 is 1. The topological polar surface area (TPSA) is 38.8 Å². The molecule has 28 heavy (non-hydrogen) atoms. The summed E-state index contributed by atoms with van der Waals surface area (Å²) in [7, 11) is -1.19. The Morgan fingerprint density at radius 3 is 2.04 bits per heavy atom. The molecule has 0 N–H and O–H groups in total. The van der Waals surface area contributed by atoms with Gasteiger partial charge in [0.1, 0.15) is 0 Å². The van der Waals surface area contributed by atoms with Crippen molar-refractivity contribution >= 4 is 24.8 Å². The normalized spacial score (nSPS) is 17.0. The Morgan fingerprint density at radius 2 is 1.57 bits per heavy atom. The SMILES string of the molecule is COC(=O)N1C=CC[C@H]1CO[Si](c1ccccc1)(c1ccccc1)C(C)(C)C. The second kappa shape index (κ2) is 8.33. The van der Waals surface area contributed by atoms with Crippen LogP contribution in [-0.2, 0) is 9.16 Å². The molecule has 148 valence electrons. The number of nitrogens with zero attached hydrogens (tertiary/aromatic N) is 1. The van der Waals surface area contributed by atoms with Gasteiger partial charge in [0.15, 0.2) is 0 Å². The number of hydrogen-bond donors (Lipinski definition) is 0. The van der Waals surface area contributed by atoms with Gasteiger partial charge in [0, 0.05) is 6.20 Å². The zero-order valence-electron chi connectivity index (χ0n) is 17.1. The average molecular weight is 396 g/mol. The van der Waals surface area contributed by atoms with Crippen LogP contribution in [0.2, 0.25) is 5.04 Å². The fourth-order valence-corrected chi connectivity index (χ4v) is 8.61. The van der Waals surface area contributed by atoms with E-state index in [-0.39, 0.29) is 17.2 Å². The minimum atomic E-state index is -2.60. The van der Waals surface area contributed by atoms with Crippen LogP contribution < -0.4 is 10.4 Å². The van der Waals surface area contributed by atoms with Gasteiger partial charge in [-0.2, -0.15) is 0 Å². The summed E-state index contributed by atoms with van der Waals surface area (Å²) < 4.78 is 11.8. The second-order valence-electron chi connectivity index (χ2n) is 8.13. The van der Waals surface area contributed by atoms with Gasteiger partial charge in [-0.3, -0.25) is 4.90 Å². The Labute approximate surface area is 168 Å². The molecular formula is C23H29NO3Si. The van der Waals surface area contributed by atoms with Crippen molar-refractivity contribution in [2.75, 3.05) is 13.7 Å². The number of hydrogen-bond acceptors (Lipinski definition) is 3. The number of ether oxygens (including phenoxy) is 1. The van der Waals surface area contributed by atoms with Crippen molar-refractivity contribution < 1.29 is 14.0 Å². The molecule has 0 spiro atoms. The highest BCUT2D eigenvalue weighted by Crippen LogP contribution is 2.37. The molecule has 0 unspecified atom stereocenters. The Hall–Kier alpha value is -2.37. The van der Waals surface area contributed by atoms with Crippen LogP contribution in [0.25, 0.3) is 0 Å². The van der Waals surface area contributed by atoms with Gasteiger partial charge in [-0.1, -0.05) is 87.5 Å². The summed E-state index contributed by atoms with van der Waals surface area (Å²) in [5.41, 5.74) is 0. The number of carbonyl (C=O) groups excluding carboxylic acids is 1. The molecule has 1 amide bonds. The molecule has 5 heteroatoms. The van der Waals surface area contributed by atoms with E-state index < -0.39 is 8.32 Å². The third-order valence-electron chi connectivity index (χ3n) is 5.36. The van der Waals surface area contributed by atoms with Crippen molar-refractivity contribution in [3.05, 3.63) is 72.9 Å². The summed E-state index contributed by atoms with van der Waals surface area (Å²) in [5.74, 6) is 0. The molecule has 2 aromatic rings. The monoisotopic (exact) mass is 395 g/mol. The Morgan fingerprint density at radius 1 is 1.04 bits per heavy atom. The molecule has 0 radical (unpaired) electrons. The van der Waals surface area contributed by atoms with E-state index in [4.69, 9.17) is 9.16 Å². The standard InChI is InChI=1S/C23H29NO3Si/c1-23(2,3)28(20-13-7-5-8-14-20,21-15-9-6-10-16-21)27-18-19-12-11-17-24(19)22(25)26-4/h5-11,13-17,19H,12,18H2,1-4H3/t19-/m0/s1. The fraction of sp³-hybridized carbons (Fsp3) is 0.348. The van der Waals surface area contributed by atoms with Gasteiger partial charge in [0.2, 0.25) is 0 Å². The number of rotatable bonds is 5. The summed E-state index contributed by atoms with van der Waals surface area (Å²) >= 11 is 0. The highest BCUT2D eigenvalue weighted by Gasteiger charge is 2.50. The Bertz CT molecular complexity index is 775. The molecule has 1 aliphatic heterocycles. The lowest BCUT2D eigenvalue weighted by molar-refractivity contribution is 0.115. The van der Waals surface area contributed by atoms with Gasteiger partial charge in [0.05, 0.1) is 19.8 Å². The zero-order valence-corrected chi connectivity index (χ0v) is 18.1.